The summed E-state index contributed by atoms with van der Waals surface area (Å²) in [5.41, 5.74) is 0. The van der Waals surface area contributed by atoms with Crippen LogP contribution in [-0.4, -0.2) is 38.7 Å². The predicted octanol–water partition coefficient (Wildman–Crippen LogP) is 1.41. The summed E-state index contributed by atoms with van der Waals surface area (Å²) in [5.74, 6) is 1.80. The first-order chi connectivity index (χ1) is 9.69. The molecular weight excluding hydrogens is 258 g/mol. The average molecular weight is 275 g/mol. The minimum atomic E-state index is -0.107. The molecule has 2 N–H and O–H groups in total. The largest absolute Gasteiger partial charge is 0.493 e. The number of methoxy groups -OCH3 is 2. The van der Waals surface area contributed by atoms with E-state index in [1.165, 1.54) is 0 Å². The fraction of sp³-hybridized carbons (Fsp3) is 0.286. The number of ether oxygens (including phenoxy) is 2. The van der Waals surface area contributed by atoms with Gasteiger partial charge in [-0.2, -0.15) is 0 Å². The topological polar surface area (TPSA) is 72.5 Å². The second-order valence-corrected chi connectivity index (χ2v) is 4.11. The van der Waals surface area contributed by atoms with Crippen molar-refractivity contribution in [2.24, 2.45) is 0 Å². The fourth-order valence-corrected chi connectivity index (χ4v) is 1.89. The number of pyridine rings is 1. The van der Waals surface area contributed by atoms with E-state index in [4.69, 9.17) is 9.47 Å². The normalized spacial score (nSPS) is 10.2. The molecule has 0 aliphatic carbocycles. The molecule has 0 fully saturated rings. The third-order valence-corrected chi connectivity index (χ3v) is 2.96. The Kier molecular flexibility index (Phi) is 4.24. The Hall–Kier alpha value is -2.50. The van der Waals surface area contributed by atoms with Gasteiger partial charge in [-0.3, -0.25) is 4.79 Å². The summed E-state index contributed by atoms with van der Waals surface area (Å²) in [6.07, 6.45) is 1.68. The maximum atomic E-state index is 11.3. The van der Waals surface area contributed by atoms with Crippen molar-refractivity contribution in [3.8, 4) is 11.5 Å². The zero-order valence-electron chi connectivity index (χ0n) is 11.7. The molecule has 0 spiro atoms. The number of hydrogen-bond donors (Lipinski definition) is 2. The van der Waals surface area contributed by atoms with Crippen molar-refractivity contribution in [3.05, 3.63) is 24.4 Å². The molecular formula is C14H17N3O3. The zero-order chi connectivity index (χ0) is 14.5. The van der Waals surface area contributed by atoms with E-state index >= 15 is 0 Å². The third kappa shape index (κ3) is 2.74. The Morgan fingerprint density at radius 1 is 1.25 bits per heavy atom. The standard InChI is InChI=1S/C14H17N3O3/c1-15-13(18)8-17-14-10-7-12(20-3)11(19-2)6-9(10)4-5-16-14/h4-7H,8H2,1-3H3,(H,15,18)(H,16,17). The molecule has 20 heavy (non-hydrogen) atoms. The van der Waals surface area contributed by atoms with E-state index in [1.54, 1.807) is 27.5 Å². The lowest BCUT2D eigenvalue weighted by molar-refractivity contribution is -0.118. The molecule has 2 rings (SSSR count). The minimum absolute atomic E-state index is 0.107. The molecule has 6 nitrogen and oxygen atoms in total. The summed E-state index contributed by atoms with van der Waals surface area (Å²) in [7, 11) is 4.77. The van der Waals surface area contributed by atoms with Crippen LogP contribution in [0.1, 0.15) is 0 Å². The van der Waals surface area contributed by atoms with Gasteiger partial charge < -0.3 is 20.1 Å². The van der Waals surface area contributed by atoms with Crippen molar-refractivity contribution in [1.29, 1.82) is 0 Å². The van der Waals surface area contributed by atoms with Gasteiger partial charge in [-0.25, -0.2) is 4.98 Å². The lowest BCUT2D eigenvalue weighted by Crippen LogP contribution is -2.26. The molecule has 1 amide bonds. The Balaban J connectivity index is 2.42. The summed E-state index contributed by atoms with van der Waals surface area (Å²) in [6, 6.07) is 5.59. The second-order valence-electron chi connectivity index (χ2n) is 4.11. The lowest BCUT2D eigenvalue weighted by Gasteiger charge is -2.12. The van der Waals surface area contributed by atoms with Crippen LogP contribution in [-0.2, 0) is 4.79 Å². The first-order valence-corrected chi connectivity index (χ1v) is 6.14. The van der Waals surface area contributed by atoms with E-state index in [1.807, 2.05) is 18.2 Å². The van der Waals surface area contributed by atoms with E-state index in [0.717, 1.165) is 10.8 Å². The zero-order valence-corrected chi connectivity index (χ0v) is 11.7. The highest BCUT2D eigenvalue weighted by molar-refractivity contribution is 5.95. The number of nitrogens with zero attached hydrogens (tertiary/aromatic N) is 1. The number of carbonyl (C=O) groups is 1. The smallest absolute Gasteiger partial charge is 0.239 e. The summed E-state index contributed by atoms with van der Waals surface area (Å²) >= 11 is 0. The molecule has 0 radical (unpaired) electrons. The van der Waals surface area contributed by atoms with Gasteiger partial charge in [0.1, 0.15) is 5.82 Å². The van der Waals surface area contributed by atoms with E-state index in [2.05, 4.69) is 15.6 Å². The van der Waals surface area contributed by atoms with Gasteiger partial charge in [0, 0.05) is 18.6 Å². The summed E-state index contributed by atoms with van der Waals surface area (Å²) in [5, 5.41) is 7.38. The molecule has 0 saturated carbocycles. The fourth-order valence-electron chi connectivity index (χ4n) is 1.89. The van der Waals surface area contributed by atoms with Crippen LogP contribution in [0.15, 0.2) is 24.4 Å². The number of rotatable bonds is 5. The van der Waals surface area contributed by atoms with E-state index in [9.17, 15) is 4.79 Å². The van der Waals surface area contributed by atoms with Crippen LogP contribution in [0.3, 0.4) is 0 Å². The molecule has 0 aliphatic heterocycles. The van der Waals surface area contributed by atoms with Gasteiger partial charge in [0.05, 0.1) is 20.8 Å². The van der Waals surface area contributed by atoms with Crippen molar-refractivity contribution in [2.75, 3.05) is 33.1 Å². The minimum Gasteiger partial charge on any atom is -0.493 e. The Morgan fingerprint density at radius 2 is 1.95 bits per heavy atom. The number of aromatic nitrogens is 1. The van der Waals surface area contributed by atoms with Crippen molar-refractivity contribution in [3.63, 3.8) is 0 Å². The second kappa shape index (κ2) is 6.10. The number of carbonyl (C=O) groups excluding carboxylic acids is 1. The molecule has 1 aromatic carbocycles. The number of amides is 1. The van der Waals surface area contributed by atoms with Crippen molar-refractivity contribution >= 4 is 22.5 Å². The first kappa shape index (κ1) is 13.9. The predicted molar refractivity (Wildman–Crippen MR) is 77.4 cm³/mol. The molecule has 0 unspecified atom stereocenters. The Morgan fingerprint density at radius 3 is 2.60 bits per heavy atom. The molecule has 2 aromatic rings. The van der Waals surface area contributed by atoms with Crippen LogP contribution < -0.4 is 20.1 Å². The quantitative estimate of drug-likeness (QED) is 0.863. The van der Waals surface area contributed by atoms with Crippen LogP contribution in [0.5, 0.6) is 11.5 Å². The number of fused-ring (bicyclic) bond motifs is 1. The molecule has 0 bridgehead atoms. The SMILES string of the molecule is CNC(=O)CNc1nccc2cc(OC)c(OC)cc12. The van der Waals surface area contributed by atoms with Gasteiger partial charge in [0.25, 0.3) is 0 Å². The molecule has 1 aromatic heterocycles. The molecule has 106 valence electrons. The van der Waals surface area contributed by atoms with E-state index in [0.29, 0.717) is 17.3 Å². The molecule has 0 aliphatic rings. The number of benzene rings is 1. The van der Waals surface area contributed by atoms with Crippen molar-refractivity contribution in [1.82, 2.24) is 10.3 Å². The van der Waals surface area contributed by atoms with Crippen molar-refractivity contribution in [2.45, 2.75) is 0 Å². The lowest BCUT2D eigenvalue weighted by atomic mass is 10.1. The highest BCUT2D eigenvalue weighted by Gasteiger charge is 2.10. The van der Waals surface area contributed by atoms with E-state index in [-0.39, 0.29) is 12.5 Å². The molecule has 6 heteroatoms. The van der Waals surface area contributed by atoms with Crippen molar-refractivity contribution < 1.29 is 14.3 Å². The van der Waals surface area contributed by atoms with Gasteiger partial charge in [-0.1, -0.05) is 0 Å². The summed E-state index contributed by atoms with van der Waals surface area (Å²) in [6.45, 7) is 0.164. The van der Waals surface area contributed by atoms with E-state index < -0.39 is 0 Å². The summed E-state index contributed by atoms with van der Waals surface area (Å²) in [4.78, 5) is 15.6. The maximum absolute atomic E-state index is 11.3. The number of nitrogens with one attached hydrogen (secondary N) is 2. The average Bonchev–Trinajstić information content (AvgIpc) is 2.50. The van der Waals surface area contributed by atoms with Crippen LogP contribution in [0.2, 0.25) is 0 Å². The van der Waals surface area contributed by atoms with Gasteiger partial charge in [-0.05, 0) is 23.6 Å². The van der Waals surface area contributed by atoms with Crippen LogP contribution in [0.4, 0.5) is 5.82 Å². The third-order valence-electron chi connectivity index (χ3n) is 2.96. The van der Waals surface area contributed by atoms with Crippen LogP contribution in [0.25, 0.3) is 10.8 Å². The van der Waals surface area contributed by atoms with Gasteiger partial charge >= 0.3 is 0 Å². The number of hydrogen-bond acceptors (Lipinski definition) is 5. The van der Waals surface area contributed by atoms with Gasteiger partial charge in [0.15, 0.2) is 11.5 Å². The van der Waals surface area contributed by atoms with Gasteiger partial charge in [0.2, 0.25) is 5.91 Å². The highest BCUT2D eigenvalue weighted by Crippen LogP contribution is 2.34. The van der Waals surface area contributed by atoms with Crippen LogP contribution >= 0.6 is 0 Å². The van der Waals surface area contributed by atoms with Crippen LogP contribution in [0, 0.1) is 0 Å². The first-order valence-electron chi connectivity index (χ1n) is 6.14. The van der Waals surface area contributed by atoms with Gasteiger partial charge in [-0.15, -0.1) is 0 Å². The highest BCUT2D eigenvalue weighted by atomic mass is 16.5. The summed E-state index contributed by atoms with van der Waals surface area (Å²) < 4.78 is 10.6. The number of anilines is 1. The molecule has 0 atom stereocenters. The number of likely N-dealkylation sites (N-methyl/N-ethyl adjacent to an activating group) is 1. The Bertz CT molecular complexity index is 628. The monoisotopic (exact) mass is 275 g/mol. The maximum Gasteiger partial charge on any atom is 0.239 e. The molecule has 1 heterocycles. The molecule has 0 saturated heterocycles. The Labute approximate surface area is 117 Å².